The standard InChI is InChI=1S/C26H33FN4O3/c1-34-23-15-20(12-13-21(23)27)17-29-25(33)22(14-18-8-4-2-5-9-18)30-26(28)31-24(32)16-19-10-6-3-7-11-19/h2,4-5,8-9,12-13,15,19,22H,3,6-7,10-11,14,16-17H2,1H3,(H,29,33)(H3,28,30,31,32). The number of carbonyl (C=O) groups is 2. The number of carbonyl (C=O) groups excluding carboxylic acids is 2. The van der Waals surface area contributed by atoms with Gasteiger partial charge >= 0.3 is 0 Å². The van der Waals surface area contributed by atoms with E-state index in [1.807, 2.05) is 30.3 Å². The number of ether oxygens (including phenoxy) is 1. The van der Waals surface area contributed by atoms with E-state index < -0.39 is 11.9 Å². The van der Waals surface area contributed by atoms with Crippen molar-refractivity contribution in [2.24, 2.45) is 16.6 Å². The zero-order chi connectivity index (χ0) is 24.3. The zero-order valence-corrected chi connectivity index (χ0v) is 19.6. The van der Waals surface area contributed by atoms with Crippen molar-refractivity contribution < 1.29 is 18.7 Å². The van der Waals surface area contributed by atoms with Crippen LogP contribution in [0.5, 0.6) is 5.75 Å². The SMILES string of the molecule is COc1cc(CNC(=O)C(Cc2ccccc2)NC(N)=NC(=O)CC2CCCCC2)ccc1F. The molecular formula is C26H33FN4O3. The number of halogens is 1. The van der Waals surface area contributed by atoms with Gasteiger partial charge in [0.25, 0.3) is 0 Å². The maximum atomic E-state index is 13.7. The number of nitrogens with one attached hydrogen (secondary N) is 2. The Balaban J connectivity index is 1.64. The molecule has 0 bridgehead atoms. The first kappa shape index (κ1) is 25.2. The Morgan fingerprint density at radius 1 is 1.12 bits per heavy atom. The Kier molecular flexibility index (Phi) is 9.43. The number of amides is 2. The van der Waals surface area contributed by atoms with Crippen molar-refractivity contribution >= 4 is 17.8 Å². The van der Waals surface area contributed by atoms with Gasteiger partial charge in [-0.1, -0.05) is 55.7 Å². The number of methoxy groups -OCH3 is 1. The molecule has 182 valence electrons. The molecule has 1 aliphatic carbocycles. The molecule has 1 saturated carbocycles. The molecule has 2 aromatic rings. The second kappa shape index (κ2) is 12.7. The van der Waals surface area contributed by atoms with Gasteiger partial charge in [-0.15, -0.1) is 0 Å². The highest BCUT2D eigenvalue weighted by molar-refractivity contribution is 5.95. The third-order valence-electron chi connectivity index (χ3n) is 6.04. The van der Waals surface area contributed by atoms with Crippen molar-refractivity contribution in [2.45, 2.75) is 57.5 Å². The van der Waals surface area contributed by atoms with Crippen LogP contribution in [0.1, 0.15) is 49.7 Å². The molecule has 0 radical (unpaired) electrons. The van der Waals surface area contributed by atoms with Crippen LogP contribution < -0.4 is 21.1 Å². The Hall–Kier alpha value is -3.42. The first-order valence-electron chi connectivity index (χ1n) is 11.7. The molecule has 0 aliphatic heterocycles. The highest BCUT2D eigenvalue weighted by Gasteiger charge is 2.21. The van der Waals surface area contributed by atoms with E-state index in [2.05, 4.69) is 15.6 Å². The van der Waals surface area contributed by atoms with E-state index in [0.717, 1.165) is 31.2 Å². The molecule has 1 fully saturated rings. The van der Waals surface area contributed by atoms with Crippen molar-refractivity contribution in [3.63, 3.8) is 0 Å². The van der Waals surface area contributed by atoms with Crippen LogP contribution in [0.15, 0.2) is 53.5 Å². The number of hydrogen-bond acceptors (Lipinski definition) is 3. The Morgan fingerprint density at radius 3 is 2.56 bits per heavy atom. The lowest BCUT2D eigenvalue weighted by molar-refractivity contribution is -0.123. The minimum Gasteiger partial charge on any atom is -0.494 e. The van der Waals surface area contributed by atoms with E-state index in [1.165, 1.54) is 25.7 Å². The summed E-state index contributed by atoms with van der Waals surface area (Å²) in [4.78, 5) is 29.4. The largest absolute Gasteiger partial charge is 0.494 e. The second-order valence-corrected chi connectivity index (χ2v) is 8.67. The van der Waals surface area contributed by atoms with E-state index in [-0.39, 0.29) is 30.1 Å². The van der Waals surface area contributed by atoms with Crippen molar-refractivity contribution in [1.82, 2.24) is 10.6 Å². The summed E-state index contributed by atoms with van der Waals surface area (Å²) in [6, 6.07) is 13.2. The highest BCUT2D eigenvalue weighted by Crippen LogP contribution is 2.26. The van der Waals surface area contributed by atoms with Gasteiger partial charge in [-0.3, -0.25) is 9.59 Å². The molecule has 0 spiro atoms. The number of guanidine groups is 1. The van der Waals surface area contributed by atoms with Crippen molar-refractivity contribution in [1.29, 1.82) is 0 Å². The van der Waals surface area contributed by atoms with Gasteiger partial charge in [0.15, 0.2) is 17.5 Å². The first-order chi connectivity index (χ1) is 16.4. The lowest BCUT2D eigenvalue weighted by Crippen LogP contribution is -2.50. The minimum atomic E-state index is -0.740. The van der Waals surface area contributed by atoms with E-state index in [0.29, 0.717) is 24.3 Å². The third kappa shape index (κ3) is 7.86. The molecule has 8 heteroatoms. The molecular weight excluding hydrogens is 435 g/mol. The molecule has 1 atom stereocenters. The molecule has 1 unspecified atom stereocenters. The van der Waals surface area contributed by atoms with Crippen LogP contribution in [0, 0.1) is 11.7 Å². The van der Waals surface area contributed by atoms with Crippen LogP contribution in [0.3, 0.4) is 0 Å². The molecule has 1 aliphatic rings. The molecule has 2 amide bonds. The summed E-state index contributed by atoms with van der Waals surface area (Å²) < 4.78 is 18.7. The molecule has 7 nitrogen and oxygen atoms in total. The fraction of sp³-hybridized carbons (Fsp3) is 0.423. The molecule has 0 heterocycles. The Bertz CT molecular complexity index is 991. The number of nitrogens with zero attached hydrogens (tertiary/aromatic N) is 1. The molecule has 2 aromatic carbocycles. The number of nitrogens with two attached hydrogens (primary N) is 1. The maximum Gasteiger partial charge on any atom is 0.249 e. The summed E-state index contributed by atoms with van der Waals surface area (Å²) in [6.07, 6.45) is 6.34. The van der Waals surface area contributed by atoms with Gasteiger partial charge in [0.05, 0.1) is 7.11 Å². The van der Waals surface area contributed by atoms with Gasteiger partial charge in [0.2, 0.25) is 11.8 Å². The molecule has 3 rings (SSSR count). The topological polar surface area (TPSA) is 106 Å². The Morgan fingerprint density at radius 2 is 1.85 bits per heavy atom. The molecule has 0 saturated heterocycles. The van der Waals surface area contributed by atoms with Gasteiger partial charge in [-0.05, 0) is 42.0 Å². The summed E-state index contributed by atoms with van der Waals surface area (Å²) in [6.45, 7) is 0.181. The first-order valence-corrected chi connectivity index (χ1v) is 11.7. The minimum absolute atomic E-state index is 0.0691. The molecule has 4 N–H and O–H groups in total. The number of hydrogen-bond donors (Lipinski definition) is 3. The maximum absolute atomic E-state index is 13.7. The van der Waals surface area contributed by atoms with Gasteiger partial charge in [0, 0.05) is 19.4 Å². The summed E-state index contributed by atoms with van der Waals surface area (Å²) in [5.74, 6) is -0.657. The number of benzene rings is 2. The van der Waals surface area contributed by atoms with E-state index >= 15 is 0 Å². The van der Waals surface area contributed by atoms with Crippen LogP contribution in [0.4, 0.5) is 4.39 Å². The molecule has 34 heavy (non-hydrogen) atoms. The lowest BCUT2D eigenvalue weighted by Gasteiger charge is -2.21. The Labute approximate surface area is 200 Å². The van der Waals surface area contributed by atoms with E-state index in [4.69, 9.17) is 10.5 Å². The fourth-order valence-corrected chi connectivity index (χ4v) is 4.21. The van der Waals surface area contributed by atoms with Gasteiger partial charge in [-0.25, -0.2) is 4.39 Å². The predicted octanol–water partition coefficient (Wildman–Crippen LogP) is 3.46. The van der Waals surface area contributed by atoms with E-state index in [9.17, 15) is 14.0 Å². The van der Waals surface area contributed by atoms with Crippen LogP contribution in [0.2, 0.25) is 0 Å². The zero-order valence-electron chi connectivity index (χ0n) is 19.6. The quantitative estimate of drug-likeness (QED) is 0.386. The second-order valence-electron chi connectivity index (χ2n) is 8.67. The normalized spacial score (nSPS) is 15.4. The van der Waals surface area contributed by atoms with Crippen LogP contribution in [-0.4, -0.2) is 30.9 Å². The number of rotatable bonds is 9. The van der Waals surface area contributed by atoms with Crippen LogP contribution in [0.25, 0.3) is 0 Å². The summed E-state index contributed by atoms with van der Waals surface area (Å²) in [5.41, 5.74) is 7.63. The third-order valence-corrected chi connectivity index (χ3v) is 6.04. The van der Waals surface area contributed by atoms with Gasteiger partial charge in [0.1, 0.15) is 6.04 Å². The predicted molar refractivity (Wildman–Crippen MR) is 130 cm³/mol. The van der Waals surface area contributed by atoms with Crippen molar-refractivity contribution in [2.75, 3.05) is 7.11 Å². The van der Waals surface area contributed by atoms with Crippen LogP contribution in [-0.2, 0) is 22.6 Å². The fourth-order valence-electron chi connectivity index (χ4n) is 4.21. The smallest absolute Gasteiger partial charge is 0.249 e. The van der Waals surface area contributed by atoms with Gasteiger partial charge in [-0.2, -0.15) is 4.99 Å². The summed E-state index contributed by atoms with van der Waals surface area (Å²) in [5, 5.41) is 5.75. The average Bonchev–Trinajstić information content (AvgIpc) is 2.84. The van der Waals surface area contributed by atoms with E-state index in [1.54, 1.807) is 6.07 Å². The summed E-state index contributed by atoms with van der Waals surface area (Å²) in [7, 11) is 1.39. The number of aliphatic imine (C=N–C) groups is 1. The van der Waals surface area contributed by atoms with Crippen molar-refractivity contribution in [3.8, 4) is 5.75 Å². The highest BCUT2D eigenvalue weighted by atomic mass is 19.1. The monoisotopic (exact) mass is 468 g/mol. The molecule has 0 aromatic heterocycles. The van der Waals surface area contributed by atoms with Crippen LogP contribution >= 0.6 is 0 Å². The summed E-state index contributed by atoms with van der Waals surface area (Å²) >= 11 is 0. The van der Waals surface area contributed by atoms with Gasteiger partial charge < -0.3 is 21.1 Å². The average molecular weight is 469 g/mol. The lowest BCUT2D eigenvalue weighted by atomic mass is 9.87. The van der Waals surface area contributed by atoms with Crippen molar-refractivity contribution in [3.05, 3.63) is 65.5 Å².